The zero-order valence-corrected chi connectivity index (χ0v) is 13.8. The standard InChI is InChI=1S/C19H24N2O2/c1-14-7-8-16-5-3-4-6-18(16)19(14)13-20-9-10-21(15(2)22)12-17(23)11-20/h3-8,17,23H,9-13H2,1-2H3. The van der Waals surface area contributed by atoms with Crippen molar-refractivity contribution in [2.75, 3.05) is 26.2 Å². The van der Waals surface area contributed by atoms with Gasteiger partial charge < -0.3 is 10.0 Å². The number of hydrogen-bond donors (Lipinski definition) is 1. The third kappa shape index (κ3) is 3.54. The average Bonchev–Trinajstić information content (AvgIpc) is 2.71. The lowest BCUT2D eigenvalue weighted by Crippen LogP contribution is -2.36. The molecule has 0 saturated carbocycles. The summed E-state index contributed by atoms with van der Waals surface area (Å²) in [5, 5.41) is 12.7. The molecular formula is C19H24N2O2. The van der Waals surface area contributed by atoms with Gasteiger partial charge in [0.2, 0.25) is 5.91 Å². The molecule has 1 fully saturated rings. The van der Waals surface area contributed by atoms with Crippen molar-refractivity contribution in [3.8, 4) is 0 Å². The molecule has 1 saturated heterocycles. The molecule has 1 amide bonds. The first-order chi connectivity index (χ1) is 11.0. The number of carbonyl (C=O) groups excluding carboxylic acids is 1. The third-order valence-electron chi connectivity index (χ3n) is 4.69. The first-order valence-corrected chi connectivity index (χ1v) is 8.18. The Balaban J connectivity index is 1.84. The summed E-state index contributed by atoms with van der Waals surface area (Å²) in [5.41, 5.74) is 2.58. The number of hydrogen-bond acceptors (Lipinski definition) is 3. The van der Waals surface area contributed by atoms with E-state index in [0.29, 0.717) is 19.6 Å². The van der Waals surface area contributed by atoms with Gasteiger partial charge in [0.15, 0.2) is 0 Å². The molecule has 1 aliphatic heterocycles. The smallest absolute Gasteiger partial charge is 0.219 e. The van der Waals surface area contributed by atoms with Crippen LogP contribution in [0.15, 0.2) is 36.4 Å². The molecule has 0 aliphatic carbocycles. The van der Waals surface area contributed by atoms with Crippen LogP contribution in [-0.4, -0.2) is 53.1 Å². The fourth-order valence-corrected chi connectivity index (χ4v) is 3.36. The number of nitrogens with zero attached hydrogens (tertiary/aromatic N) is 2. The fraction of sp³-hybridized carbons (Fsp3) is 0.421. The minimum Gasteiger partial charge on any atom is -0.390 e. The van der Waals surface area contributed by atoms with Crippen molar-refractivity contribution < 1.29 is 9.90 Å². The topological polar surface area (TPSA) is 43.8 Å². The number of carbonyl (C=O) groups is 1. The zero-order chi connectivity index (χ0) is 16.4. The molecule has 122 valence electrons. The monoisotopic (exact) mass is 312 g/mol. The highest BCUT2D eigenvalue weighted by Gasteiger charge is 2.23. The summed E-state index contributed by atoms with van der Waals surface area (Å²) in [4.78, 5) is 15.6. The maximum atomic E-state index is 11.6. The molecule has 3 rings (SSSR count). The predicted molar refractivity (Wildman–Crippen MR) is 92.2 cm³/mol. The maximum absolute atomic E-state index is 11.6. The quantitative estimate of drug-likeness (QED) is 0.924. The summed E-state index contributed by atoms with van der Waals surface area (Å²) < 4.78 is 0. The van der Waals surface area contributed by atoms with Gasteiger partial charge in [-0.2, -0.15) is 0 Å². The Morgan fingerprint density at radius 1 is 1.17 bits per heavy atom. The van der Waals surface area contributed by atoms with Gasteiger partial charge in [0.25, 0.3) is 0 Å². The molecular weight excluding hydrogens is 288 g/mol. The van der Waals surface area contributed by atoms with Crippen LogP contribution < -0.4 is 0 Å². The van der Waals surface area contributed by atoms with Crippen molar-refractivity contribution in [2.24, 2.45) is 0 Å². The van der Waals surface area contributed by atoms with Crippen molar-refractivity contribution >= 4 is 16.7 Å². The van der Waals surface area contributed by atoms with Crippen LogP contribution in [0.4, 0.5) is 0 Å². The second-order valence-electron chi connectivity index (χ2n) is 6.44. The van der Waals surface area contributed by atoms with E-state index in [1.165, 1.54) is 21.9 Å². The normalized spacial score (nSPS) is 19.8. The van der Waals surface area contributed by atoms with Crippen LogP contribution in [0.3, 0.4) is 0 Å². The van der Waals surface area contributed by atoms with Crippen molar-refractivity contribution in [3.63, 3.8) is 0 Å². The summed E-state index contributed by atoms with van der Waals surface area (Å²) in [6, 6.07) is 12.7. The van der Waals surface area contributed by atoms with Crippen molar-refractivity contribution in [1.82, 2.24) is 9.80 Å². The number of amides is 1. The van der Waals surface area contributed by atoms with E-state index in [9.17, 15) is 9.90 Å². The van der Waals surface area contributed by atoms with Crippen molar-refractivity contribution in [2.45, 2.75) is 26.5 Å². The molecule has 1 atom stereocenters. The highest BCUT2D eigenvalue weighted by Crippen LogP contribution is 2.24. The van der Waals surface area contributed by atoms with Crippen LogP contribution in [0.1, 0.15) is 18.1 Å². The molecule has 0 aromatic heterocycles. The lowest BCUT2D eigenvalue weighted by Gasteiger charge is -2.23. The minimum absolute atomic E-state index is 0.0345. The molecule has 1 N–H and O–H groups in total. The molecule has 2 aromatic carbocycles. The summed E-state index contributed by atoms with van der Waals surface area (Å²) in [5.74, 6) is 0.0345. The summed E-state index contributed by atoms with van der Waals surface area (Å²) >= 11 is 0. The van der Waals surface area contributed by atoms with Crippen LogP contribution in [0.25, 0.3) is 10.8 Å². The van der Waals surface area contributed by atoms with Crippen molar-refractivity contribution in [3.05, 3.63) is 47.5 Å². The predicted octanol–water partition coefficient (Wildman–Crippen LogP) is 2.17. The highest BCUT2D eigenvalue weighted by molar-refractivity contribution is 5.86. The number of rotatable bonds is 2. The molecule has 2 aromatic rings. The van der Waals surface area contributed by atoms with Crippen molar-refractivity contribution in [1.29, 1.82) is 0 Å². The molecule has 1 unspecified atom stereocenters. The van der Waals surface area contributed by atoms with Crippen LogP contribution in [0.2, 0.25) is 0 Å². The number of fused-ring (bicyclic) bond motifs is 1. The lowest BCUT2D eigenvalue weighted by molar-refractivity contribution is -0.129. The Morgan fingerprint density at radius 2 is 1.96 bits per heavy atom. The molecule has 4 heteroatoms. The molecule has 1 heterocycles. The lowest BCUT2D eigenvalue weighted by atomic mass is 9.99. The van der Waals surface area contributed by atoms with E-state index in [0.717, 1.165) is 13.1 Å². The van der Waals surface area contributed by atoms with E-state index in [-0.39, 0.29) is 5.91 Å². The van der Waals surface area contributed by atoms with E-state index in [1.54, 1.807) is 11.8 Å². The fourth-order valence-electron chi connectivity index (χ4n) is 3.36. The van der Waals surface area contributed by atoms with E-state index in [4.69, 9.17) is 0 Å². The maximum Gasteiger partial charge on any atom is 0.219 e. The molecule has 4 nitrogen and oxygen atoms in total. The van der Waals surface area contributed by atoms with Crippen LogP contribution in [0, 0.1) is 6.92 Å². The first-order valence-electron chi connectivity index (χ1n) is 8.18. The SMILES string of the molecule is CC(=O)N1CCN(Cc2c(C)ccc3ccccc23)CC(O)C1. The number of aryl methyl sites for hydroxylation is 1. The van der Waals surface area contributed by atoms with E-state index in [2.05, 4.69) is 48.2 Å². The number of aliphatic hydroxyl groups is 1. The Bertz CT molecular complexity index is 714. The number of aliphatic hydroxyl groups excluding tert-OH is 1. The summed E-state index contributed by atoms with van der Waals surface area (Å²) in [6.07, 6.45) is -0.489. The van der Waals surface area contributed by atoms with Crippen LogP contribution in [0.5, 0.6) is 0 Å². The summed E-state index contributed by atoms with van der Waals surface area (Å²) in [6.45, 7) is 7.01. The Hall–Kier alpha value is -1.91. The van der Waals surface area contributed by atoms with E-state index >= 15 is 0 Å². The van der Waals surface area contributed by atoms with Gasteiger partial charge in [-0.3, -0.25) is 9.69 Å². The van der Waals surface area contributed by atoms with Gasteiger partial charge in [0.05, 0.1) is 6.10 Å². The minimum atomic E-state index is -0.489. The van der Waals surface area contributed by atoms with Gasteiger partial charge in [-0.05, 0) is 28.8 Å². The Morgan fingerprint density at radius 3 is 2.74 bits per heavy atom. The second kappa shape index (κ2) is 6.69. The number of β-amino-alcohol motifs (C(OH)–C–C–N with tert-alkyl or cyclic N) is 1. The molecule has 0 spiro atoms. The first kappa shape index (κ1) is 16.0. The highest BCUT2D eigenvalue weighted by atomic mass is 16.3. The molecule has 1 aliphatic rings. The molecule has 23 heavy (non-hydrogen) atoms. The van der Waals surface area contributed by atoms with Crippen LogP contribution >= 0.6 is 0 Å². The van der Waals surface area contributed by atoms with Gasteiger partial charge in [-0.15, -0.1) is 0 Å². The van der Waals surface area contributed by atoms with Gasteiger partial charge in [0.1, 0.15) is 0 Å². The summed E-state index contributed by atoms with van der Waals surface area (Å²) in [7, 11) is 0. The van der Waals surface area contributed by atoms with Gasteiger partial charge in [0, 0.05) is 39.6 Å². The largest absolute Gasteiger partial charge is 0.390 e. The van der Waals surface area contributed by atoms with Gasteiger partial charge >= 0.3 is 0 Å². The Labute approximate surface area is 137 Å². The van der Waals surface area contributed by atoms with E-state index < -0.39 is 6.10 Å². The second-order valence-corrected chi connectivity index (χ2v) is 6.44. The average molecular weight is 312 g/mol. The molecule has 0 bridgehead atoms. The van der Waals surface area contributed by atoms with Crippen LogP contribution in [-0.2, 0) is 11.3 Å². The molecule has 0 radical (unpaired) electrons. The van der Waals surface area contributed by atoms with E-state index in [1.807, 2.05) is 0 Å². The third-order valence-corrected chi connectivity index (χ3v) is 4.69. The van der Waals surface area contributed by atoms with Gasteiger partial charge in [-0.1, -0.05) is 36.4 Å². The zero-order valence-electron chi connectivity index (χ0n) is 13.8. The Kier molecular flexibility index (Phi) is 4.64. The van der Waals surface area contributed by atoms with Gasteiger partial charge in [-0.25, -0.2) is 0 Å². The number of benzene rings is 2.